The second kappa shape index (κ2) is 7.78. The smallest absolute Gasteiger partial charge is 0.306 e. The van der Waals surface area contributed by atoms with Gasteiger partial charge in [0, 0.05) is 18.2 Å². The van der Waals surface area contributed by atoms with Gasteiger partial charge in [0.1, 0.15) is 5.75 Å². The molecule has 0 aliphatic rings. The molecule has 2 rings (SSSR count). The number of rotatable bonds is 7. The van der Waals surface area contributed by atoms with Gasteiger partial charge >= 0.3 is 5.97 Å². The molecular weight excluding hydrogens is 286 g/mol. The number of aromatic nitrogens is 1. The van der Waals surface area contributed by atoms with Gasteiger partial charge in [-0.2, -0.15) is 0 Å². The summed E-state index contributed by atoms with van der Waals surface area (Å²) in [7, 11) is 1.66. The number of benzene rings is 1. The van der Waals surface area contributed by atoms with E-state index in [0.717, 1.165) is 22.9 Å². The molecule has 0 unspecified atom stereocenters. The maximum absolute atomic E-state index is 11.3. The van der Waals surface area contributed by atoms with E-state index in [0.29, 0.717) is 19.4 Å². The van der Waals surface area contributed by atoms with E-state index in [1.807, 2.05) is 36.6 Å². The molecule has 4 nitrogen and oxygen atoms in total. The van der Waals surface area contributed by atoms with Gasteiger partial charge in [-0.25, -0.2) is 4.98 Å². The predicted octanol–water partition coefficient (Wildman–Crippen LogP) is 3.24. The van der Waals surface area contributed by atoms with Crippen LogP contribution >= 0.6 is 11.3 Å². The molecule has 0 N–H and O–H groups in total. The maximum Gasteiger partial charge on any atom is 0.306 e. The van der Waals surface area contributed by atoms with E-state index in [1.54, 1.807) is 18.4 Å². The topological polar surface area (TPSA) is 48.4 Å². The van der Waals surface area contributed by atoms with Crippen LogP contribution in [0.1, 0.15) is 29.6 Å². The van der Waals surface area contributed by atoms with Gasteiger partial charge in [0.05, 0.1) is 30.8 Å². The molecule has 0 amide bonds. The van der Waals surface area contributed by atoms with E-state index in [4.69, 9.17) is 9.47 Å². The lowest BCUT2D eigenvalue weighted by atomic mass is 10.1. The van der Waals surface area contributed by atoms with Crippen LogP contribution in [0.2, 0.25) is 0 Å². The molecule has 0 fully saturated rings. The minimum atomic E-state index is -0.165. The lowest BCUT2D eigenvalue weighted by Crippen LogP contribution is -2.05. The molecule has 0 aliphatic carbocycles. The fourth-order valence-corrected chi connectivity index (χ4v) is 2.79. The fourth-order valence-electron chi connectivity index (χ4n) is 1.93. The molecule has 0 aliphatic heterocycles. The first-order valence-electron chi connectivity index (χ1n) is 6.93. The van der Waals surface area contributed by atoms with E-state index in [2.05, 4.69) is 4.98 Å². The molecule has 112 valence electrons. The molecule has 1 aromatic heterocycles. The normalized spacial score (nSPS) is 10.4. The van der Waals surface area contributed by atoms with Crippen LogP contribution in [0.5, 0.6) is 5.75 Å². The molecule has 21 heavy (non-hydrogen) atoms. The van der Waals surface area contributed by atoms with E-state index in [1.165, 1.54) is 5.56 Å². The van der Waals surface area contributed by atoms with Gasteiger partial charge in [-0.05, 0) is 24.6 Å². The number of esters is 1. The number of carbonyl (C=O) groups excluding carboxylic acids is 1. The van der Waals surface area contributed by atoms with Crippen molar-refractivity contribution in [2.24, 2.45) is 0 Å². The van der Waals surface area contributed by atoms with Crippen LogP contribution in [0, 0.1) is 0 Å². The highest BCUT2D eigenvalue weighted by molar-refractivity contribution is 7.09. The molecule has 5 heteroatoms. The fraction of sp³-hybridized carbons (Fsp3) is 0.375. The summed E-state index contributed by atoms with van der Waals surface area (Å²) in [6.45, 7) is 2.24. The Morgan fingerprint density at radius 3 is 2.71 bits per heavy atom. The summed E-state index contributed by atoms with van der Waals surface area (Å²) in [5, 5.41) is 3.07. The van der Waals surface area contributed by atoms with Crippen LogP contribution in [0.3, 0.4) is 0 Å². The lowest BCUT2D eigenvalue weighted by Gasteiger charge is -2.01. The highest BCUT2D eigenvalue weighted by atomic mass is 32.1. The minimum Gasteiger partial charge on any atom is -0.497 e. The molecule has 0 spiro atoms. The van der Waals surface area contributed by atoms with Gasteiger partial charge in [0.25, 0.3) is 0 Å². The zero-order valence-electron chi connectivity index (χ0n) is 12.3. The molecular formula is C16H19NO3S. The first-order chi connectivity index (χ1) is 10.2. The summed E-state index contributed by atoms with van der Waals surface area (Å²) in [5.41, 5.74) is 2.15. The van der Waals surface area contributed by atoms with Crippen LogP contribution < -0.4 is 4.74 Å². The van der Waals surface area contributed by atoms with Crippen molar-refractivity contribution in [2.45, 2.75) is 26.2 Å². The largest absolute Gasteiger partial charge is 0.497 e. The van der Waals surface area contributed by atoms with Gasteiger partial charge in [0.15, 0.2) is 0 Å². The van der Waals surface area contributed by atoms with Gasteiger partial charge < -0.3 is 9.47 Å². The van der Waals surface area contributed by atoms with Gasteiger partial charge in [-0.15, -0.1) is 11.3 Å². The summed E-state index contributed by atoms with van der Waals surface area (Å²) in [6, 6.07) is 7.98. The Kier molecular flexibility index (Phi) is 5.75. The molecule has 0 saturated heterocycles. The summed E-state index contributed by atoms with van der Waals surface area (Å²) >= 11 is 1.62. The Hall–Kier alpha value is -1.88. The average Bonchev–Trinajstić information content (AvgIpc) is 2.94. The van der Waals surface area contributed by atoms with Crippen molar-refractivity contribution in [1.82, 2.24) is 4.98 Å². The van der Waals surface area contributed by atoms with E-state index >= 15 is 0 Å². The van der Waals surface area contributed by atoms with E-state index in [-0.39, 0.29) is 5.97 Å². The van der Waals surface area contributed by atoms with Crippen LogP contribution in [-0.4, -0.2) is 24.7 Å². The van der Waals surface area contributed by atoms with Crippen molar-refractivity contribution < 1.29 is 14.3 Å². The van der Waals surface area contributed by atoms with Gasteiger partial charge in [0.2, 0.25) is 0 Å². The molecule has 0 saturated carbocycles. The molecule has 0 radical (unpaired) electrons. The van der Waals surface area contributed by atoms with Crippen molar-refractivity contribution in [3.05, 3.63) is 45.9 Å². The zero-order valence-corrected chi connectivity index (χ0v) is 13.1. The van der Waals surface area contributed by atoms with Crippen molar-refractivity contribution in [3.63, 3.8) is 0 Å². The third-order valence-electron chi connectivity index (χ3n) is 3.00. The van der Waals surface area contributed by atoms with Crippen molar-refractivity contribution in [1.29, 1.82) is 0 Å². The highest BCUT2D eigenvalue weighted by Gasteiger charge is 2.07. The SMILES string of the molecule is CCOC(=O)CCc1csc(Cc2ccc(OC)cc2)n1. The molecule has 1 aromatic carbocycles. The van der Waals surface area contributed by atoms with Crippen LogP contribution in [0.4, 0.5) is 0 Å². The Labute approximate surface area is 128 Å². The van der Waals surface area contributed by atoms with Gasteiger partial charge in [-0.1, -0.05) is 12.1 Å². The maximum atomic E-state index is 11.3. The lowest BCUT2D eigenvalue weighted by molar-refractivity contribution is -0.143. The Morgan fingerprint density at radius 2 is 2.05 bits per heavy atom. The van der Waals surface area contributed by atoms with Gasteiger partial charge in [-0.3, -0.25) is 4.79 Å². The third-order valence-corrected chi connectivity index (χ3v) is 3.90. The third kappa shape index (κ3) is 4.86. The number of aryl methyl sites for hydroxylation is 1. The van der Waals surface area contributed by atoms with E-state index < -0.39 is 0 Å². The number of carbonyl (C=O) groups is 1. The van der Waals surface area contributed by atoms with Crippen LogP contribution in [0.25, 0.3) is 0 Å². The number of ether oxygens (including phenoxy) is 2. The van der Waals surface area contributed by atoms with Crippen molar-refractivity contribution in [2.75, 3.05) is 13.7 Å². The highest BCUT2D eigenvalue weighted by Crippen LogP contribution is 2.18. The number of methoxy groups -OCH3 is 1. The van der Waals surface area contributed by atoms with Crippen molar-refractivity contribution in [3.8, 4) is 5.75 Å². The molecule has 0 atom stereocenters. The van der Waals surface area contributed by atoms with Crippen LogP contribution in [-0.2, 0) is 22.4 Å². The number of nitrogens with zero attached hydrogens (tertiary/aromatic N) is 1. The predicted molar refractivity (Wildman–Crippen MR) is 82.9 cm³/mol. The molecule has 2 aromatic rings. The minimum absolute atomic E-state index is 0.165. The van der Waals surface area contributed by atoms with Crippen molar-refractivity contribution >= 4 is 17.3 Å². The number of hydrogen-bond donors (Lipinski definition) is 0. The Balaban J connectivity index is 1.88. The second-order valence-corrected chi connectivity index (χ2v) is 5.51. The quantitative estimate of drug-likeness (QED) is 0.737. The molecule has 1 heterocycles. The number of thiazole rings is 1. The standard InChI is InChI=1S/C16H19NO3S/c1-3-20-16(18)9-6-13-11-21-15(17-13)10-12-4-7-14(19-2)8-5-12/h4-5,7-8,11H,3,6,9-10H2,1-2H3. The number of hydrogen-bond acceptors (Lipinski definition) is 5. The van der Waals surface area contributed by atoms with Crippen LogP contribution in [0.15, 0.2) is 29.6 Å². The monoisotopic (exact) mass is 305 g/mol. The van der Waals surface area contributed by atoms with E-state index in [9.17, 15) is 4.79 Å². The Morgan fingerprint density at radius 1 is 1.29 bits per heavy atom. The average molecular weight is 305 g/mol. The first-order valence-corrected chi connectivity index (χ1v) is 7.81. The first kappa shape index (κ1) is 15.5. The second-order valence-electron chi connectivity index (χ2n) is 4.56. The zero-order chi connectivity index (χ0) is 15.1. The summed E-state index contributed by atoms with van der Waals surface area (Å²) in [6.07, 6.45) is 1.82. The summed E-state index contributed by atoms with van der Waals surface area (Å²) < 4.78 is 10.1. The summed E-state index contributed by atoms with van der Waals surface area (Å²) in [5.74, 6) is 0.690. The summed E-state index contributed by atoms with van der Waals surface area (Å²) in [4.78, 5) is 15.9. The Bertz CT molecular complexity index is 577. The molecule has 0 bridgehead atoms.